The zero-order valence-corrected chi connectivity index (χ0v) is 9.14. The molecule has 2 atom stereocenters. The van der Waals surface area contributed by atoms with Crippen molar-refractivity contribution in [3.8, 4) is 0 Å². The monoisotopic (exact) mass is 214 g/mol. The van der Waals surface area contributed by atoms with Crippen LogP contribution < -0.4 is 5.73 Å². The Morgan fingerprint density at radius 1 is 1.53 bits per heavy atom. The fraction of sp³-hybridized carbons (Fsp3) is 0.800. The summed E-state index contributed by atoms with van der Waals surface area (Å²) < 4.78 is 0. The van der Waals surface area contributed by atoms with Crippen LogP contribution >= 0.6 is 0 Å². The molecule has 3 N–H and O–H groups in total. The Balaban J connectivity index is 2.66. The fourth-order valence-electron chi connectivity index (χ4n) is 1.84. The summed E-state index contributed by atoms with van der Waals surface area (Å²) in [5.74, 6) is -0.825. The summed E-state index contributed by atoms with van der Waals surface area (Å²) in [6.07, 6.45) is 0.746. The van der Waals surface area contributed by atoms with Crippen LogP contribution in [0.3, 0.4) is 0 Å². The number of aliphatic carboxylic acids is 1. The first-order chi connectivity index (χ1) is 6.91. The molecule has 1 amide bonds. The van der Waals surface area contributed by atoms with Crippen molar-refractivity contribution in [3.63, 3.8) is 0 Å². The number of carbonyl (C=O) groups is 2. The Hall–Kier alpha value is -1.10. The lowest BCUT2D eigenvalue weighted by Gasteiger charge is -2.22. The third kappa shape index (κ3) is 2.92. The van der Waals surface area contributed by atoms with Crippen LogP contribution in [0.1, 0.15) is 26.7 Å². The highest BCUT2D eigenvalue weighted by Crippen LogP contribution is 2.19. The maximum Gasteiger partial charge on any atom is 0.326 e. The van der Waals surface area contributed by atoms with Crippen molar-refractivity contribution in [1.82, 2.24) is 4.90 Å². The molecule has 1 fully saturated rings. The Morgan fingerprint density at radius 2 is 2.13 bits per heavy atom. The van der Waals surface area contributed by atoms with Crippen molar-refractivity contribution in [3.05, 3.63) is 0 Å². The second-order valence-corrected chi connectivity index (χ2v) is 4.49. The maximum absolute atomic E-state index is 11.7. The largest absolute Gasteiger partial charge is 0.480 e. The average Bonchev–Trinajstić information content (AvgIpc) is 2.46. The van der Waals surface area contributed by atoms with Gasteiger partial charge in [-0.15, -0.1) is 0 Å². The zero-order valence-electron chi connectivity index (χ0n) is 9.14. The van der Waals surface area contributed by atoms with Gasteiger partial charge in [0.05, 0.1) is 0 Å². The molecule has 0 aromatic rings. The number of carboxylic acid groups (broad SMARTS) is 1. The third-order valence-electron chi connectivity index (χ3n) is 2.52. The molecule has 1 rings (SSSR count). The van der Waals surface area contributed by atoms with Crippen LogP contribution in [0, 0.1) is 5.92 Å². The number of rotatable bonds is 3. The molecule has 0 aromatic carbocycles. The normalized spacial score (nSPS) is 26.0. The second kappa shape index (κ2) is 4.61. The van der Waals surface area contributed by atoms with E-state index < -0.39 is 12.0 Å². The molecule has 0 spiro atoms. The molecule has 5 heteroatoms. The number of amides is 1. The van der Waals surface area contributed by atoms with E-state index >= 15 is 0 Å². The van der Waals surface area contributed by atoms with E-state index in [9.17, 15) is 9.59 Å². The van der Waals surface area contributed by atoms with Gasteiger partial charge in [0.2, 0.25) is 5.91 Å². The molecule has 1 heterocycles. The van der Waals surface area contributed by atoms with Crippen LogP contribution in [0.5, 0.6) is 0 Å². The van der Waals surface area contributed by atoms with Crippen molar-refractivity contribution >= 4 is 11.9 Å². The summed E-state index contributed by atoms with van der Waals surface area (Å²) in [5.41, 5.74) is 5.66. The summed E-state index contributed by atoms with van der Waals surface area (Å²) in [6.45, 7) is 4.23. The van der Waals surface area contributed by atoms with Crippen LogP contribution in [-0.2, 0) is 9.59 Å². The molecule has 2 unspecified atom stereocenters. The van der Waals surface area contributed by atoms with E-state index in [0.29, 0.717) is 19.4 Å². The van der Waals surface area contributed by atoms with Gasteiger partial charge in [-0.1, -0.05) is 13.8 Å². The molecule has 0 aromatic heterocycles. The smallest absolute Gasteiger partial charge is 0.326 e. The quantitative estimate of drug-likeness (QED) is 0.695. The SMILES string of the molecule is CC(C)CC(=O)N1CC(N)CC1C(=O)O. The molecular formula is C10H18N2O3. The van der Waals surface area contributed by atoms with Crippen molar-refractivity contribution in [2.45, 2.75) is 38.8 Å². The van der Waals surface area contributed by atoms with Crippen molar-refractivity contribution in [2.75, 3.05) is 6.54 Å². The van der Waals surface area contributed by atoms with Gasteiger partial charge in [-0.3, -0.25) is 4.79 Å². The second-order valence-electron chi connectivity index (χ2n) is 4.49. The van der Waals surface area contributed by atoms with E-state index in [1.54, 1.807) is 0 Å². The lowest BCUT2D eigenvalue weighted by atomic mass is 10.1. The number of nitrogens with zero attached hydrogens (tertiary/aromatic N) is 1. The van der Waals surface area contributed by atoms with Crippen LogP contribution in [-0.4, -0.2) is 40.5 Å². The predicted octanol–water partition coefficient (Wildman–Crippen LogP) is 0.0453. The minimum atomic E-state index is -0.958. The summed E-state index contributed by atoms with van der Waals surface area (Å²) in [5, 5.41) is 8.94. The molecule has 0 bridgehead atoms. The predicted molar refractivity (Wildman–Crippen MR) is 55.2 cm³/mol. The van der Waals surface area contributed by atoms with Crippen LogP contribution in [0.25, 0.3) is 0 Å². The number of nitrogens with two attached hydrogens (primary N) is 1. The van der Waals surface area contributed by atoms with Gasteiger partial charge in [0, 0.05) is 19.0 Å². The number of hydrogen-bond acceptors (Lipinski definition) is 3. The average molecular weight is 214 g/mol. The molecule has 1 saturated heterocycles. The fourth-order valence-corrected chi connectivity index (χ4v) is 1.84. The van der Waals surface area contributed by atoms with Gasteiger partial charge in [0.15, 0.2) is 0 Å². The van der Waals surface area contributed by atoms with Gasteiger partial charge in [0.25, 0.3) is 0 Å². The van der Waals surface area contributed by atoms with Gasteiger partial charge in [0.1, 0.15) is 6.04 Å². The van der Waals surface area contributed by atoms with Gasteiger partial charge in [-0.05, 0) is 12.3 Å². The van der Waals surface area contributed by atoms with Gasteiger partial charge in [-0.2, -0.15) is 0 Å². The molecule has 5 nitrogen and oxygen atoms in total. The first-order valence-electron chi connectivity index (χ1n) is 5.19. The summed E-state index contributed by atoms with van der Waals surface area (Å²) in [6, 6.07) is -0.937. The van der Waals surface area contributed by atoms with E-state index in [-0.39, 0.29) is 17.9 Å². The van der Waals surface area contributed by atoms with Crippen molar-refractivity contribution in [1.29, 1.82) is 0 Å². The van der Waals surface area contributed by atoms with Gasteiger partial charge < -0.3 is 15.7 Å². The van der Waals surface area contributed by atoms with E-state index in [0.717, 1.165) is 0 Å². The molecule has 15 heavy (non-hydrogen) atoms. The summed E-state index contributed by atoms with van der Waals surface area (Å²) >= 11 is 0. The Morgan fingerprint density at radius 3 is 2.60 bits per heavy atom. The number of carbonyl (C=O) groups excluding carboxylic acids is 1. The van der Waals surface area contributed by atoms with E-state index in [2.05, 4.69) is 0 Å². The minimum absolute atomic E-state index is 0.106. The minimum Gasteiger partial charge on any atom is -0.480 e. The first-order valence-corrected chi connectivity index (χ1v) is 5.19. The zero-order chi connectivity index (χ0) is 11.6. The molecule has 0 radical (unpaired) electrons. The number of hydrogen-bond donors (Lipinski definition) is 2. The Labute approximate surface area is 89.2 Å². The Kier molecular flexibility index (Phi) is 3.68. The van der Waals surface area contributed by atoms with E-state index in [1.165, 1.54) is 4.90 Å². The highest BCUT2D eigenvalue weighted by Gasteiger charge is 2.37. The van der Waals surface area contributed by atoms with Crippen molar-refractivity contribution in [2.24, 2.45) is 11.7 Å². The molecule has 1 aliphatic heterocycles. The lowest BCUT2D eigenvalue weighted by molar-refractivity contribution is -0.148. The number of carboxylic acids is 1. The summed E-state index contributed by atoms with van der Waals surface area (Å²) in [4.78, 5) is 24.0. The van der Waals surface area contributed by atoms with E-state index in [1.807, 2.05) is 13.8 Å². The Bertz CT molecular complexity index is 265. The molecular weight excluding hydrogens is 196 g/mol. The third-order valence-corrected chi connectivity index (χ3v) is 2.52. The summed E-state index contributed by atoms with van der Waals surface area (Å²) in [7, 11) is 0. The highest BCUT2D eigenvalue weighted by molar-refractivity contribution is 5.84. The highest BCUT2D eigenvalue weighted by atomic mass is 16.4. The molecule has 0 saturated carbocycles. The van der Waals surface area contributed by atoms with Crippen LogP contribution in [0.15, 0.2) is 0 Å². The van der Waals surface area contributed by atoms with Crippen LogP contribution in [0.2, 0.25) is 0 Å². The van der Waals surface area contributed by atoms with Crippen molar-refractivity contribution < 1.29 is 14.7 Å². The number of likely N-dealkylation sites (tertiary alicyclic amines) is 1. The van der Waals surface area contributed by atoms with Gasteiger partial charge >= 0.3 is 5.97 Å². The molecule has 1 aliphatic rings. The van der Waals surface area contributed by atoms with Crippen LogP contribution in [0.4, 0.5) is 0 Å². The standard InChI is InChI=1S/C10H18N2O3/c1-6(2)3-9(13)12-5-7(11)4-8(12)10(14)15/h6-8H,3-5,11H2,1-2H3,(H,14,15). The van der Waals surface area contributed by atoms with E-state index in [4.69, 9.17) is 10.8 Å². The molecule has 0 aliphatic carbocycles. The first kappa shape index (κ1) is 12.0. The maximum atomic E-state index is 11.7. The van der Waals surface area contributed by atoms with Gasteiger partial charge in [-0.25, -0.2) is 4.79 Å². The topological polar surface area (TPSA) is 83.6 Å². The lowest BCUT2D eigenvalue weighted by Crippen LogP contribution is -2.41. The molecule has 86 valence electrons.